The minimum Gasteiger partial charge on any atom is -0.493 e. The van der Waals surface area contributed by atoms with Crippen molar-refractivity contribution in [3.63, 3.8) is 0 Å². The number of ether oxygens (including phenoxy) is 2. The topological polar surface area (TPSA) is 138 Å². The molecule has 0 saturated carbocycles. The molecule has 0 aromatic heterocycles. The van der Waals surface area contributed by atoms with Crippen molar-refractivity contribution in [1.29, 1.82) is 5.26 Å². The van der Waals surface area contributed by atoms with Crippen molar-refractivity contribution < 1.29 is 27.2 Å². The Hall–Kier alpha value is -3.55. The standard InChI is InChI=1S/C20H21N3O6S/c1-13(14-4-9-18(28-2)19(10-14)29-3)23-20(24)15(11-21)12-22-16-5-7-17(8-6-16)30(25,26)27/h4-10,12-13,22H,1-3H3,(H,23,24)(H,25,26,27)/b15-12-. The van der Waals surface area contributed by atoms with Crippen LogP contribution in [-0.4, -0.2) is 33.1 Å². The minimum absolute atomic E-state index is 0.179. The highest BCUT2D eigenvalue weighted by molar-refractivity contribution is 7.85. The van der Waals surface area contributed by atoms with E-state index in [0.717, 1.165) is 5.56 Å². The number of nitriles is 1. The molecule has 9 nitrogen and oxygen atoms in total. The van der Waals surface area contributed by atoms with E-state index in [1.807, 2.05) is 6.07 Å². The highest BCUT2D eigenvalue weighted by Gasteiger charge is 2.16. The molecule has 0 aliphatic rings. The summed E-state index contributed by atoms with van der Waals surface area (Å²) in [6.45, 7) is 1.76. The lowest BCUT2D eigenvalue weighted by Crippen LogP contribution is -2.28. The van der Waals surface area contributed by atoms with Gasteiger partial charge in [0.15, 0.2) is 11.5 Å². The van der Waals surface area contributed by atoms with Crippen LogP contribution in [0.2, 0.25) is 0 Å². The van der Waals surface area contributed by atoms with Crippen molar-refractivity contribution >= 4 is 21.7 Å². The van der Waals surface area contributed by atoms with Crippen LogP contribution in [-0.2, 0) is 14.9 Å². The molecular weight excluding hydrogens is 410 g/mol. The molecule has 0 fully saturated rings. The van der Waals surface area contributed by atoms with Crippen molar-refractivity contribution in [2.45, 2.75) is 17.9 Å². The van der Waals surface area contributed by atoms with Crippen LogP contribution < -0.4 is 20.1 Å². The number of hydrogen-bond donors (Lipinski definition) is 3. The normalized spacial score (nSPS) is 12.4. The molecular formula is C20H21N3O6S. The summed E-state index contributed by atoms with van der Waals surface area (Å²) in [7, 11) is -1.26. The fraction of sp³-hybridized carbons (Fsp3) is 0.200. The first-order chi connectivity index (χ1) is 14.2. The average molecular weight is 431 g/mol. The quantitative estimate of drug-likeness (QED) is 0.329. The smallest absolute Gasteiger partial charge is 0.294 e. The predicted molar refractivity (Wildman–Crippen MR) is 110 cm³/mol. The largest absolute Gasteiger partial charge is 0.493 e. The molecule has 10 heteroatoms. The second-order valence-electron chi connectivity index (χ2n) is 6.12. The lowest BCUT2D eigenvalue weighted by molar-refractivity contribution is -0.117. The van der Waals surface area contributed by atoms with Crippen LogP contribution in [0.5, 0.6) is 11.5 Å². The monoisotopic (exact) mass is 431 g/mol. The van der Waals surface area contributed by atoms with Gasteiger partial charge < -0.3 is 20.1 Å². The Morgan fingerprint density at radius 3 is 2.30 bits per heavy atom. The van der Waals surface area contributed by atoms with Gasteiger partial charge in [-0.2, -0.15) is 13.7 Å². The van der Waals surface area contributed by atoms with Gasteiger partial charge in [-0.05, 0) is 48.9 Å². The molecule has 2 rings (SSSR count). The van der Waals surface area contributed by atoms with Crippen LogP contribution in [0, 0.1) is 11.3 Å². The third-order valence-corrected chi connectivity index (χ3v) is 5.02. The van der Waals surface area contributed by atoms with Crippen LogP contribution in [0.4, 0.5) is 5.69 Å². The predicted octanol–water partition coefficient (Wildman–Crippen LogP) is 2.65. The Morgan fingerprint density at radius 2 is 1.77 bits per heavy atom. The summed E-state index contributed by atoms with van der Waals surface area (Å²) in [6.07, 6.45) is 1.21. The van der Waals surface area contributed by atoms with Gasteiger partial charge in [-0.3, -0.25) is 9.35 Å². The van der Waals surface area contributed by atoms with Gasteiger partial charge in [0, 0.05) is 11.9 Å². The Bertz CT molecular complexity index is 1090. The summed E-state index contributed by atoms with van der Waals surface area (Å²) in [5.74, 6) is 0.477. The molecule has 3 N–H and O–H groups in total. The molecule has 0 spiro atoms. The third-order valence-electron chi connectivity index (χ3n) is 4.16. The van der Waals surface area contributed by atoms with E-state index in [1.54, 1.807) is 25.1 Å². The van der Waals surface area contributed by atoms with Gasteiger partial charge in [0.05, 0.1) is 25.2 Å². The zero-order valence-corrected chi connectivity index (χ0v) is 17.4. The van der Waals surface area contributed by atoms with Crippen molar-refractivity contribution in [3.8, 4) is 17.6 Å². The number of benzene rings is 2. The number of hydrogen-bond acceptors (Lipinski definition) is 7. The molecule has 1 atom stereocenters. The van der Waals surface area contributed by atoms with Gasteiger partial charge in [-0.25, -0.2) is 0 Å². The van der Waals surface area contributed by atoms with Crippen molar-refractivity contribution in [3.05, 3.63) is 59.8 Å². The maximum absolute atomic E-state index is 12.4. The Morgan fingerprint density at radius 1 is 1.13 bits per heavy atom. The fourth-order valence-electron chi connectivity index (χ4n) is 2.51. The fourth-order valence-corrected chi connectivity index (χ4v) is 2.99. The van der Waals surface area contributed by atoms with Crippen LogP contribution in [0.25, 0.3) is 0 Å². The summed E-state index contributed by atoms with van der Waals surface area (Å²) in [5, 5.41) is 14.8. The van der Waals surface area contributed by atoms with E-state index in [-0.39, 0.29) is 10.5 Å². The summed E-state index contributed by atoms with van der Waals surface area (Å²) in [5.41, 5.74) is 1.00. The molecule has 0 saturated heterocycles. The second-order valence-corrected chi connectivity index (χ2v) is 7.54. The molecule has 30 heavy (non-hydrogen) atoms. The second kappa shape index (κ2) is 9.78. The van der Waals surface area contributed by atoms with Gasteiger partial charge in [0.1, 0.15) is 11.6 Å². The van der Waals surface area contributed by atoms with E-state index in [9.17, 15) is 18.5 Å². The SMILES string of the molecule is COc1ccc(C(C)NC(=O)/C(C#N)=C\Nc2ccc(S(=O)(=O)O)cc2)cc1OC. The Labute approximate surface area is 174 Å². The van der Waals surface area contributed by atoms with Crippen molar-refractivity contribution in [1.82, 2.24) is 5.32 Å². The van der Waals surface area contributed by atoms with Gasteiger partial charge in [0.2, 0.25) is 0 Å². The molecule has 0 aliphatic heterocycles. The van der Waals surface area contributed by atoms with Gasteiger partial charge in [0.25, 0.3) is 16.0 Å². The maximum Gasteiger partial charge on any atom is 0.294 e. The summed E-state index contributed by atoms with van der Waals surface area (Å²) in [4.78, 5) is 12.2. The van der Waals surface area contributed by atoms with E-state index in [4.69, 9.17) is 14.0 Å². The molecule has 0 radical (unpaired) electrons. The zero-order valence-electron chi connectivity index (χ0n) is 16.5. The minimum atomic E-state index is -4.29. The first-order valence-corrected chi connectivity index (χ1v) is 10.1. The van der Waals surface area contributed by atoms with Crippen LogP contribution in [0.3, 0.4) is 0 Å². The van der Waals surface area contributed by atoms with Gasteiger partial charge in [-0.1, -0.05) is 6.07 Å². The molecule has 0 bridgehead atoms. The van der Waals surface area contributed by atoms with Crippen LogP contribution >= 0.6 is 0 Å². The Kier molecular flexibility index (Phi) is 7.41. The first kappa shape index (κ1) is 22.7. The number of rotatable bonds is 8. The Balaban J connectivity index is 2.09. The highest BCUT2D eigenvalue weighted by Crippen LogP contribution is 2.29. The van der Waals surface area contributed by atoms with E-state index < -0.39 is 22.1 Å². The number of methoxy groups -OCH3 is 2. The van der Waals surface area contributed by atoms with Crippen LogP contribution in [0.15, 0.2) is 59.1 Å². The number of nitrogens with one attached hydrogen (secondary N) is 2. The van der Waals surface area contributed by atoms with E-state index in [0.29, 0.717) is 17.2 Å². The number of anilines is 1. The number of amides is 1. The average Bonchev–Trinajstić information content (AvgIpc) is 2.73. The first-order valence-electron chi connectivity index (χ1n) is 8.66. The van der Waals surface area contributed by atoms with E-state index in [2.05, 4.69) is 10.6 Å². The number of nitrogens with zero attached hydrogens (tertiary/aromatic N) is 1. The summed E-state index contributed by atoms with van der Waals surface area (Å²) in [6, 6.07) is 11.8. The highest BCUT2D eigenvalue weighted by atomic mass is 32.2. The maximum atomic E-state index is 12.4. The van der Waals surface area contributed by atoms with E-state index >= 15 is 0 Å². The molecule has 2 aromatic carbocycles. The lowest BCUT2D eigenvalue weighted by atomic mass is 10.1. The zero-order chi connectivity index (χ0) is 22.3. The molecule has 0 aliphatic carbocycles. The lowest BCUT2D eigenvalue weighted by Gasteiger charge is -2.16. The molecule has 1 amide bonds. The number of carbonyl (C=O) groups excluding carboxylic acids is 1. The van der Waals surface area contributed by atoms with Gasteiger partial charge in [-0.15, -0.1) is 0 Å². The summed E-state index contributed by atoms with van der Waals surface area (Å²) < 4.78 is 41.5. The third kappa shape index (κ3) is 5.73. The van der Waals surface area contributed by atoms with Gasteiger partial charge >= 0.3 is 0 Å². The molecule has 2 aromatic rings. The van der Waals surface area contributed by atoms with Crippen molar-refractivity contribution in [2.24, 2.45) is 0 Å². The molecule has 1 unspecified atom stereocenters. The number of carbonyl (C=O) groups is 1. The van der Waals surface area contributed by atoms with E-state index in [1.165, 1.54) is 44.7 Å². The molecule has 158 valence electrons. The molecule has 0 heterocycles. The summed E-state index contributed by atoms with van der Waals surface area (Å²) >= 11 is 0. The van der Waals surface area contributed by atoms with Crippen molar-refractivity contribution in [2.75, 3.05) is 19.5 Å². The van der Waals surface area contributed by atoms with Crippen LogP contribution in [0.1, 0.15) is 18.5 Å².